The molecule has 1 saturated heterocycles. The zero-order chi connectivity index (χ0) is 20.5. The molecular formula is C19H20N2O6S. The summed E-state index contributed by atoms with van der Waals surface area (Å²) in [5.74, 6) is -1.27. The third-order valence-electron chi connectivity index (χ3n) is 4.57. The average Bonchev–Trinajstić information content (AvgIpc) is 2.98. The number of carbonyl (C=O) groups is 2. The second-order valence-corrected chi connectivity index (χ2v) is 8.20. The zero-order valence-electron chi connectivity index (χ0n) is 15.3. The fourth-order valence-electron chi connectivity index (χ4n) is 3.08. The van der Waals surface area contributed by atoms with Crippen molar-refractivity contribution in [3.63, 3.8) is 0 Å². The number of sulfonamides is 1. The van der Waals surface area contributed by atoms with Crippen LogP contribution in [0, 0.1) is 6.92 Å². The van der Waals surface area contributed by atoms with E-state index in [0.29, 0.717) is 11.4 Å². The lowest BCUT2D eigenvalue weighted by Crippen LogP contribution is -2.43. The molecule has 0 aromatic heterocycles. The highest BCUT2D eigenvalue weighted by Gasteiger charge is 2.45. The summed E-state index contributed by atoms with van der Waals surface area (Å²) in [4.78, 5) is 25.6. The summed E-state index contributed by atoms with van der Waals surface area (Å²) in [6.45, 7) is 1.83. The lowest BCUT2D eigenvalue weighted by Gasteiger charge is -2.22. The predicted molar refractivity (Wildman–Crippen MR) is 102 cm³/mol. The summed E-state index contributed by atoms with van der Waals surface area (Å²) < 4.78 is 32.6. The number of carbonyl (C=O) groups excluding carboxylic acids is 1. The number of amides is 1. The van der Waals surface area contributed by atoms with Crippen LogP contribution in [0.4, 0.5) is 5.69 Å². The van der Waals surface area contributed by atoms with Crippen molar-refractivity contribution in [2.75, 3.05) is 12.0 Å². The topological polar surface area (TPSA) is 113 Å². The molecule has 9 heteroatoms. The maximum atomic E-state index is 12.8. The number of anilines is 1. The SMILES string of the molecule is COc1ccc(N2C(=O)[C@@H](NS(=O)(=O)c3ccc(C)cc3)C[C@H]2C(=O)O)cc1. The third kappa shape index (κ3) is 3.85. The summed E-state index contributed by atoms with van der Waals surface area (Å²) in [5, 5.41) is 9.53. The first kappa shape index (κ1) is 19.8. The van der Waals surface area contributed by atoms with Gasteiger partial charge in [0.05, 0.1) is 12.0 Å². The molecule has 28 heavy (non-hydrogen) atoms. The molecule has 1 amide bonds. The van der Waals surface area contributed by atoms with Gasteiger partial charge in [0.2, 0.25) is 15.9 Å². The Morgan fingerprint density at radius 3 is 2.29 bits per heavy atom. The monoisotopic (exact) mass is 404 g/mol. The summed E-state index contributed by atoms with van der Waals surface area (Å²) in [7, 11) is -2.48. The first-order valence-corrected chi connectivity index (χ1v) is 10.00. The second-order valence-electron chi connectivity index (χ2n) is 6.48. The molecule has 1 aliphatic rings. The second kappa shape index (κ2) is 7.61. The maximum absolute atomic E-state index is 12.8. The highest BCUT2D eigenvalue weighted by molar-refractivity contribution is 7.89. The molecule has 2 aromatic rings. The number of methoxy groups -OCH3 is 1. The minimum Gasteiger partial charge on any atom is -0.497 e. The zero-order valence-corrected chi connectivity index (χ0v) is 16.1. The summed E-state index contributed by atoms with van der Waals surface area (Å²) >= 11 is 0. The Morgan fingerprint density at radius 2 is 1.75 bits per heavy atom. The molecule has 1 aliphatic heterocycles. The smallest absolute Gasteiger partial charge is 0.326 e. The van der Waals surface area contributed by atoms with Crippen LogP contribution < -0.4 is 14.4 Å². The highest BCUT2D eigenvalue weighted by Crippen LogP contribution is 2.29. The minimum absolute atomic E-state index is 0.0145. The van der Waals surface area contributed by atoms with Crippen LogP contribution in [0.25, 0.3) is 0 Å². The fraction of sp³-hybridized carbons (Fsp3) is 0.263. The Hall–Kier alpha value is -2.91. The van der Waals surface area contributed by atoms with Gasteiger partial charge >= 0.3 is 5.97 Å². The van der Waals surface area contributed by atoms with Gasteiger partial charge in [-0.3, -0.25) is 9.69 Å². The largest absolute Gasteiger partial charge is 0.497 e. The highest BCUT2D eigenvalue weighted by atomic mass is 32.2. The Bertz CT molecular complexity index is 986. The Morgan fingerprint density at radius 1 is 1.14 bits per heavy atom. The molecule has 1 fully saturated rings. The van der Waals surface area contributed by atoms with Crippen molar-refractivity contribution >= 4 is 27.6 Å². The van der Waals surface area contributed by atoms with Gasteiger partial charge in [0.25, 0.3) is 0 Å². The summed E-state index contributed by atoms with van der Waals surface area (Å²) in [5.41, 5.74) is 1.25. The van der Waals surface area contributed by atoms with Crippen molar-refractivity contribution in [3.05, 3.63) is 54.1 Å². The molecule has 1 heterocycles. The number of benzene rings is 2. The first-order chi connectivity index (χ1) is 13.2. The van der Waals surface area contributed by atoms with Crippen molar-refractivity contribution in [1.29, 1.82) is 0 Å². The van der Waals surface area contributed by atoms with Crippen LogP contribution in [0.2, 0.25) is 0 Å². The molecule has 8 nitrogen and oxygen atoms in total. The molecule has 148 valence electrons. The van der Waals surface area contributed by atoms with Gasteiger partial charge in [0, 0.05) is 12.1 Å². The van der Waals surface area contributed by atoms with Gasteiger partial charge in [0.15, 0.2) is 0 Å². The van der Waals surface area contributed by atoms with Crippen LogP contribution >= 0.6 is 0 Å². The first-order valence-electron chi connectivity index (χ1n) is 8.52. The Kier molecular flexibility index (Phi) is 5.39. The lowest BCUT2D eigenvalue weighted by molar-refractivity contribution is -0.138. The van der Waals surface area contributed by atoms with Crippen LogP contribution in [0.3, 0.4) is 0 Å². The third-order valence-corrected chi connectivity index (χ3v) is 6.06. The number of aliphatic carboxylic acids is 1. The van der Waals surface area contributed by atoms with E-state index in [1.54, 1.807) is 36.4 Å². The van der Waals surface area contributed by atoms with E-state index in [0.717, 1.165) is 10.5 Å². The average molecular weight is 404 g/mol. The molecule has 2 atom stereocenters. The van der Waals surface area contributed by atoms with Gasteiger partial charge in [-0.05, 0) is 43.3 Å². The molecule has 2 aromatic carbocycles. The van der Waals surface area contributed by atoms with E-state index in [1.807, 2.05) is 6.92 Å². The van der Waals surface area contributed by atoms with E-state index in [4.69, 9.17) is 4.74 Å². The summed E-state index contributed by atoms with van der Waals surface area (Å²) in [6, 6.07) is 10.1. The van der Waals surface area contributed by atoms with Crippen molar-refractivity contribution in [1.82, 2.24) is 4.72 Å². The summed E-state index contributed by atoms with van der Waals surface area (Å²) in [6.07, 6.45) is -0.175. The number of nitrogens with zero attached hydrogens (tertiary/aromatic N) is 1. The van der Waals surface area contributed by atoms with Gasteiger partial charge in [0.1, 0.15) is 17.8 Å². The fourth-order valence-corrected chi connectivity index (χ4v) is 4.29. The van der Waals surface area contributed by atoms with Crippen molar-refractivity contribution in [3.8, 4) is 5.75 Å². The van der Waals surface area contributed by atoms with E-state index >= 15 is 0 Å². The number of hydrogen-bond acceptors (Lipinski definition) is 5. The van der Waals surface area contributed by atoms with E-state index in [2.05, 4.69) is 4.72 Å². The number of carboxylic acids is 1. The van der Waals surface area contributed by atoms with Crippen molar-refractivity contribution in [2.24, 2.45) is 0 Å². The number of rotatable bonds is 6. The van der Waals surface area contributed by atoms with Gasteiger partial charge in [-0.25, -0.2) is 13.2 Å². The lowest BCUT2D eigenvalue weighted by atomic mass is 10.2. The number of hydrogen-bond donors (Lipinski definition) is 2. The van der Waals surface area contributed by atoms with Crippen LogP contribution in [0.5, 0.6) is 5.75 Å². The maximum Gasteiger partial charge on any atom is 0.326 e. The van der Waals surface area contributed by atoms with E-state index in [-0.39, 0.29) is 11.3 Å². The molecule has 0 radical (unpaired) electrons. The molecular weight excluding hydrogens is 384 g/mol. The number of aryl methyl sites for hydroxylation is 1. The van der Waals surface area contributed by atoms with Crippen LogP contribution in [-0.4, -0.2) is 44.6 Å². The minimum atomic E-state index is -3.97. The van der Waals surface area contributed by atoms with Crippen LogP contribution in [0.1, 0.15) is 12.0 Å². The normalized spacial score (nSPS) is 19.6. The van der Waals surface area contributed by atoms with E-state index < -0.39 is 34.0 Å². The molecule has 0 unspecified atom stereocenters. The van der Waals surface area contributed by atoms with E-state index in [1.165, 1.54) is 19.2 Å². The van der Waals surface area contributed by atoms with Gasteiger partial charge < -0.3 is 9.84 Å². The molecule has 0 spiro atoms. The molecule has 0 bridgehead atoms. The molecule has 2 N–H and O–H groups in total. The number of nitrogens with one attached hydrogen (secondary N) is 1. The van der Waals surface area contributed by atoms with Gasteiger partial charge in [-0.1, -0.05) is 17.7 Å². The standard InChI is InChI=1S/C19H20N2O6S/c1-12-3-9-15(10-4-12)28(25,26)20-16-11-17(19(23)24)21(18(16)22)13-5-7-14(27-2)8-6-13/h3-10,16-17,20H,11H2,1-2H3,(H,23,24)/t16-,17-/m0/s1. The molecule has 3 rings (SSSR count). The predicted octanol–water partition coefficient (Wildman–Crippen LogP) is 1.54. The number of carboxylic acid groups (broad SMARTS) is 1. The molecule has 0 aliphatic carbocycles. The number of ether oxygens (including phenoxy) is 1. The van der Waals surface area contributed by atoms with E-state index in [9.17, 15) is 23.1 Å². The van der Waals surface area contributed by atoms with Gasteiger partial charge in [-0.2, -0.15) is 4.72 Å². The van der Waals surface area contributed by atoms with Crippen LogP contribution in [-0.2, 0) is 19.6 Å². The van der Waals surface area contributed by atoms with Gasteiger partial charge in [-0.15, -0.1) is 0 Å². The Balaban J connectivity index is 1.88. The van der Waals surface area contributed by atoms with Crippen molar-refractivity contribution < 1.29 is 27.9 Å². The van der Waals surface area contributed by atoms with Crippen molar-refractivity contribution in [2.45, 2.75) is 30.3 Å². The quantitative estimate of drug-likeness (QED) is 0.755. The Labute approximate surface area is 162 Å². The molecule has 0 saturated carbocycles. The van der Waals surface area contributed by atoms with Crippen LogP contribution in [0.15, 0.2) is 53.4 Å².